The summed E-state index contributed by atoms with van der Waals surface area (Å²) in [6.45, 7) is 2.63. The molecule has 9 nitrogen and oxygen atoms in total. The van der Waals surface area contributed by atoms with Gasteiger partial charge in [-0.15, -0.1) is 0 Å². The Morgan fingerprint density at radius 1 is 1.19 bits per heavy atom. The van der Waals surface area contributed by atoms with Gasteiger partial charge in [-0.25, -0.2) is 23.1 Å². The maximum Gasteiger partial charge on any atom is 0.259 e. The molecule has 1 amide bonds. The van der Waals surface area contributed by atoms with E-state index in [-0.39, 0.29) is 24.0 Å². The van der Waals surface area contributed by atoms with Gasteiger partial charge < -0.3 is 14.2 Å². The zero-order chi connectivity index (χ0) is 22.4. The number of ether oxygens (including phenoxy) is 1. The summed E-state index contributed by atoms with van der Waals surface area (Å²) in [5.74, 6) is 0.775. The van der Waals surface area contributed by atoms with E-state index < -0.39 is 10.0 Å². The van der Waals surface area contributed by atoms with Crippen LogP contribution in [0, 0.1) is 0 Å². The molecule has 0 fully saturated rings. The SMILES string of the molecule is CCN(CCNS(=O)(=O)c1cn(C)c(-c2ccc(OC)nc2)n1)C(=O)c1ccccc1. The predicted octanol–water partition coefficient (Wildman–Crippen LogP) is 1.93. The molecule has 0 unspecified atom stereocenters. The van der Waals surface area contributed by atoms with Crippen LogP contribution in [-0.4, -0.2) is 60.5 Å². The van der Waals surface area contributed by atoms with Gasteiger partial charge in [0, 0.05) is 56.3 Å². The van der Waals surface area contributed by atoms with Crippen molar-refractivity contribution < 1.29 is 17.9 Å². The van der Waals surface area contributed by atoms with Gasteiger partial charge in [-0.05, 0) is 25.1 Å². The number of aromatic nitrogens is 3. The molecule has 1 aromatic carbocycles. The van der Waals surface area contributed by atoms with Crippen LogP contribution >= 0.6 is 0 Å². The van der Waals surface area contributed by atoms with E-state index in [1.165, 1.54) is 13.3 Å². The highest BCUT2D eigenvalue weighted by Gasteiger charge is 2.21. The smallest absolute Gasteiger partial charge is 0.259 e. The molecule has 2 aromatic heterocycles. The summed E-state index contributed by atoms with van der Waals surface area (Å²) in [6.07, 6.45) is 3.01. The van der Waals surface area contributed by atoms with Crippen LogP contribution in [0.2, 0.25) is 0 Å². The van der Waals surface area contributed by atoms with Crippen LogP contribution in [0.5, 0.6) is 5.88 Å². The van der Waals surface area contributed by atoms with Crippen molar-refractivity contribution in [2.45, 2.75) is 11.9 Å². The molecule has 164 valence electrons. The predicted molar refractivity (Wildman–Crippen MR) is 116 cm³/mol. The number of imidazole rings is 1. The second kappa shape index (κ2) is 9.71. The molecule has 0 spiro atoms. The standard InChI is InChI=1S/C21H25N5O4S/c1-4-26(21(27)16-8-6-5-7-9-16)13-12-23-31(28,29)19-15-25(2)20(24-19)17-10-11-18(30-3)22-14-17/h5-11,14-15,23H,4,12-13H2,1-3H3. The number of aryl methyl sites for hydroxylation is 1. The first-order valence-corrected chi connectivity index (χ1v) is 11.2. The molecule has 3 aromatic rings. The van der Waals surface area contributed by atoms with E-state index in [9.17, 15) is 13.2 Å². The van der Waals surface area contributed by atoms with Crippen molar-refractivity contribution in [3.63, 3.8) is 0 Å². The molecule has 0 aliphatic heterocycles. The molecule has 0 atom stereocenters. The van der Waals surface area contributed by atoms with Crippen molar-refractivity contribution >= 4 is 15.9 Å². The third kappa shape index (κ3) is 5.28. The summed E-state index contributed by atoms with van der Waals surface area (Å²) in [4.78, 5) is 22.5. The van der Waals surface area contributed by atoms with E-state index in [1.807, 2.05) is 13.0 Å². The fourth-order valence-corrected chi connectivity index (χ4v) is 4.04. The molecule has 3 rings (SSSR count). The highest BCUT2D eigenvalue weighted by molar-refractivity contribution is 7.89. The number of likely N-dealkylation sites (N-methyl/N-ethyl adjacent to an activating group) is 1. The van der Waals surface area contributed by atoms with Gasteiger partial charge in [0.15, 0.2) is 5.03 Å². The van der Waals surface area contributed by atoms with E-state index in [1.54, 1.807) is 59.1 Å². The van der Waals surface area contributed by atoms with Gasteiger partial charge in [-0.1, -0.05) is 18.2 Å². The molecule has 0 radical (unpaired) electrons. The van der Waals surface area contributed by atoms with Gasteiger partial charge in [0.1, 0.15) is 5.82 Å². The Bertz CT molecular complexity index is 1130. The molecule has 0 aliphatic carbocycles. The third-order valence-corrected chi connectivity index (χ3v) is 6.03. The highest BCUT2D eigenvalue weighted by atomic mass is 32.2. The minimum atomic E-state index is -3.84. The maximum absolute atomic E-state index is 12.7. The number of rotatable bonds is 9. The Kier molecular flexibility index (Phi) is 7.03. The quantitative estimate of drug-likeness (QED) is 0.542. The second-order valence-corrected chi connectivity index (χ2v) is 8.47. The van der Waals surface area contributed by atoms with Crippen molar-refractivity contribution in [2.75, 3.05) is 26.7 Å². The summed E-state index contributed by atoms with van der Waals surface area (Å²) < 4.78 is 34.6. The molecule has 2 heterocycles. The number of amides is 1. The molecule has 1 N–H and O–H groups in total. The number of carbonyl (C=O) groups excluding carboxylic acids is 1. The number of nitrogens with one attached hydrogen (secondary N) is 1. The van der Waals surface area contributed by atoms with Crippen molar-refractivity contribution in [2.24, 2.45) is 7.05 Å². The average Bonchev–Trinajstić information content (AvgIpc) is 3.19. The molecule has 31 heavy (non-hydrogen) atoms. The summed E-state index contributed by atoms with van der Waals surface area (Å²) >= 11 is 0. The van der Waals surface area contributed by atoms with Crippen LogP contribution in [0.25, 0.3) is 11.4 Å². The van der Waals surface area contributed by atoms with E-state index in [4.69, 9.17) is 4.74 Å². The monoisotopic (exact) mass is 443 g/mol. The van der Waals surface area contributed by atoms with Crippen LogP contribution < -0.4 is 9.46 Å². The van der Waals surface area contributed by atoms with Crippen molar-refractivity contribution in [1.29, 1.82) is 0 Å². The van der Waals surface area contributed by atoms with Gasteiger partial charge >= 0.3 is 0 Å². The van der Waals surface area contributed by atoms with Crippen molar-refractivity contribution in [3.8, 4) is 17.3 Å². The van der Waals surface area contributed by atoms with Crippen LogP contribution in [0.4, 0.5) is 0 Å². The molecule has 10 heteroatoms. The lowest BCUT2D eigenvalue weighted by atomic mass is 10.2. The van der Waals surface area contributed by atoms with Gasteiger partial charge in [-0.2, -0.15) is 0 Å². The van der Waals surface area contributed by atoms with Crippen LogP contribution in [-0.2, 0) is 17.1 Å². The summed E-state index contributed by atoms with van der Waals surface area (Å²) in [5.41, 5.74) is 1.23. The number of methoxy groups -OCH3 is 1. The minimum Gasteiger partial charge on any atom is -0.481 e. The molecule has 0 saturated carbocycles. The number of hydrogen-bond donors (Lipinski definition) is 1. The number of pyridine rings is 1. The van der Waals surface area contributed by atoms with Gasteiger partial charge in [-0.3, -0.25) is 4.79 Å². The van der Waals surface area contributed by atoms with Gasteiger partial charge in [0.2, 0.25) is 5.88 Å². The largest absolute Gasteiger partial charge is 0.481 e. The van der Waals surface area contributed by atoms with E-state index in [0.717, 1.165) is 0 Å². The number of sulfonamides is 1. The lowest BCUT2D eigenvalue weighted by Crippen LogP contribution is -2.38. The lowest BCUT2D eigenvalue weighted by Gasteiger charge is -2.21. The fraction of sp³-hybridized carbons (Fsp3) is 0.286. The molecular formula is C21H25N5O4S. The molecule has 0 bridgehead atoms. The molecular weight excluding hydrogens is 418 g/mol. The first kappa shape index (κ1) is 22.4. The van der Waals surface area contributed by atoms with Crippen molar-refractivity contribution in [3.05, 3.63) is 60.4 Å². The van der Waals surface area contributed by atoms with Crippen LogP contribution in [0.1, 0.15) is 17.3 Å². The Morgan fingerprint density at radius 2 is 1.94 bits per heavy atom. The number of benzene rings is 1. The Morgan fingerprint density at radius 3 is 2.55 bits per heavy atom. The van der Waals surface area contributed by atoms with Crippen LogP contribution in [0.15, 0.2) is 59.9 Å². The first-order chi connectivity index (χ1) is 14.9. The highest BCUT2D eigenvalue weighted by Crippen LogP contribution is 2.21. The molecule has 0 aliphatic rings. The number of nitrogens with zero attached hydrogens (tertiary/aromatic N) is 4. The maximum atomic E-state index is 12.7. The molecule has 0 saturated heterocycles. The Labute approximate surface area is 181 Å². The average molecular weight is 444 g/mol. The van der Waals surface area contributed by atoms with Gasteiger partial charge in [0.05, 0.1) is 7.11 Å². The Balaban J connectivity index is 1.67. The fourth-order valence-electron chi connectivity index (χ4n) is 3.03. The Hall–Kier alpha value is -3.24. The lowest BCUT2D eigenvalue weighted by molar-refractivity contribution is 0.0767. The van der Waals surface area contributed by atoms with E-state index in [2.05, 4.69) is 14.7 Å². The first-order valence-electron chi connectivity index (χ1n) is 9.73. The van der Waals surface area contributed by atoms with Crippen molar-refractivity contribution in [1.82, 2.24) is 24.2 Å². The van der Waals surface area contributed by atoms with Crippen LogP contribution in [0.3, 0.4) is 0 Å². The zero-order valence-corrected chi connectivity index (χ0v) is 18.5. The normalized spacial score (nSPS) is 11.3. The number of carbonyl (C=O) groups is 1. The van der Waals surface area contributed by atoms with E-state index >= 15 is 0 Å². The summed E-state index contributed by atoms with van der Waals surface area (Å²) in [7, 11) is -0.611. The van der Waals surface area contributed by atoms with E-state index in [0.29, 0.717) is 29.4 Å². The summed E-state index contributed by atoms with van der Waals surface area (Å²) in [5, 5.41) is -0.0988. The zero-order valence-electron chi connectivity index (χ0n) is 17.6. The second-order valence-electron chi connectivity index (χ2n) is 6.75. The topological polar surface area (TPSA) is 106 Å². The van der Waals surface area contributed by atoms with Gasteiger partial charge in [0.25, 0.3) is 15.9 Å². The summed E-state index contributed by atoms with van der Waals surface area (Å²) in [6, 6.07) is 12.3. The third-order valence-electron chi connectivity index (χ3n) is 4.70. The number of hydrogen-bond acceptors (Lipinski definition) is 6. The minimum absolute atomic E-state index is 0.0742.